The van der Waals surface area contributed by atoms with Crippen LogP contribution in [-0.4, -0.2) is 54.1 Å². The van der Waals surface area contributed by atoms with Gasteiger partial charge in [0.2, 0.25) is 5.91 Å². The van der Waals surface area contributed by atoms with E-state index in [9.17, 15) is 14.4 Å². The summed E-state index contributed by atoms with van der Waals surface area (Å²) < 4.78 is 0. The Morgan fingerprint density at radius 3 is 2.72 bits per heavy atom. The van der Waals surface area contributed by atoms with Crippen molar-refractivity contribution >= 4 is 17.9 Å². The number of rotatable bonds is 5. The minimum atomic E-state index is -0.846. The summed E-state index contributed by atoms with van der Waals surface area (Å²) in [5.41, 5.74) is 0. The van der Waals surface area contributed by atoms with Gasteiger partial charge in [0.15, 0.2) is 0 Å². The molecule has 3 amide bonds. The molecular weight excluding hydrogens is 238 g/mol. The van der Waals surface area contributed by atoms with Gasteiger partial charge in [0.05, 0.1) is 12.5 Å². The molecule has 0 bridgehead atoms. The molecule has 1 unspecified atom stereocenters. The number of imide groups is 1. The Morgan fingerprint density at radius 2 is 2.17 bits per heavy atom. The molecule has 7 nitrogen and oxygen atoms in total. The van der Waals surface area contributed by atoms with Crippen LogP contribution in [0.4, 0.5) is 4.79 Å². The van der Waals surface area contributed by atoms with Crippen LogP contribution in [0, 0.1) is 5.92 Å². The van der Waals surface area contributed by atoms with E-state index in [1.165, 1.54) is 6.08 Å². The van der Waals surface area contributed by atoms with Crippen molar-refractivity contribution in [1.82, 2.24) is 15.5 Å². The molecular formula is C11H17N3O4. The normalized spacial score (nSPS) is 19.2. The molecule has 1 rings (SSSR count). The number of hydrogen-bond acceptors (Lipinski definition) is 4. The fourth-order valence-electron chi connectivity index (χ4n) is 1.76. The fourth-order valence-corrected chi connectivity index (χ4v) is 1.76. The van der Waals surface area contributed by atoms with Gasteiger partial charge in [0, 0.05) is 13.1 Å². The number of carbonyl (C=O) groups excluding carboxylic acids is 2. The van der Waals surface area contributed by atoms with Crippen molar-refractivity contribution < 1.29 is 19.5 Å². The van der Waals surface area contributed by atoms with E-state index in [2.05, 4.69) is 17.2 Å². The summed E-state index contributed by atoms with van der Waals surface area (Å²) in [5, 5.41) is 13.4. The molecule has 7 heteroatoms. The number of carbonyl (C=O) groups is 3. The molecule has 100 valence electrons. The third-order valence-corrected chi connectivity index (χ3v) is 2.65. The van der Waals surface area contributed by atoms with Crippen LogP contribution in [0.2, 0.25) is 0 Å². The number of nitrogens with zero attached hydrogens (tertiary/aromatic N) is 1. The zero-order valence-electron chi connectivity index (χ0n) is 10.0. The maximum Gasteiger partial charge on any atom is 0.321 e. The van der Waals surface area contributed by atoms with Gasteiger partial charge in [-0.15, -0.1) is 6.58 Å². The zero-order chi connectivity index (χ0) is 13.5. The molecule has 18 heavy (non-hydrogen) atoms. The first kappa shape index (κ1) is 14.2. The van der Waals surface area contributed by atoms with Gasteiger partial charge in [-0.05, 0) is 13.0 Å². The van der Waals surface area contributed by atoms with Crippen LogP contribution in [0.5, 0.6) is 0 Å². The van der Waals surface area contributed by atoms with Gasteiger partial charge in [0.1, 0.15) is 0 Å². The topological polar surface area (TPSA) is 98.7 Å². The monoisotopic (exact) mass is 255 g/mol. The van der Waals surface area contributed by atoms with Crippen molar-refractivity contribution in [3.05, 3.63) is 12.7 Å². The van der Waals surface area contributed by atoms with Crippen LogP contribution in [0.15, 0.2) is 12.7 Å². The summed E-state index contributed by atoms with van der Waals surface area (Å²) in [6.45, 7) is 4.64. The summed E-state index contributed by atoms with van der Waals surface area (Å²) >= 11 is 0. The Bertz CT molecular complexity index is 356. The SMILES string of the molecule is C=CCNC(=O)NC(=O)CN1CCC(C(=O)O)C1. The molecule has 0 aromatic rings. The van der Waals surface area contributed by atoms with E-state index in [1.54, 1.807) is 4.90 Å². The van der Waals surface area contributed by atoms with E-state index in [0.717, 1.165) is 0 Å². The van der Waals surface area contributed by atoms with Gasteiger partial charge < -0.3 is 10.4 Å². The Kier molecular flexibility index (Phi) is 5.31. The van der Waals surface area contributed by atoms with E-state index < -0.39 is 23.8 Å². The number of nitrogens with one attached hydrogen (secondary N) is 2. The van der Waals surface area contributed by atoms with Crippen molar-refractivity contribution in [2.75, 3.05) is 26.2 Å². The molecule has 1 saturated heterocycles. The summed E-state index contributed by atoms with van der Waals surface area (Å²) in [6.07, 6.45) is 2.03. The predicted octanol–water partition coefficient (Wildman–Crippen LogP) is -0.595. The summed E-state index contributed by atoms with van der Waals surface area (Å²) in [5.74, 6) is -1.71. The number of urea groups is 1. The van der Waals surface area contributed by atoms with Gasteiger partial charge in [-0.1, -0.05) is 6.08 Å². The third kappa shape index (κ3) is 4.54. The highest BCUT2D eigenvalue weighted by atomic mass is 16.4. The molecule has 0 saturated carbocycles. The number of carboxylic acids is 1. The molecule has 3 N–H and O–H groups in total. The average molecular weight is 255 g/mol. The maximum absolute atomic E-state index is 11.5. The van der Waals surface area contributed by atoms with E-state index in [0.29, 0.717) is 19.5 Å². The van der Waals surface area contributed by atoms with E-state index >= 15 is 0 Å². The van der Waals surface area contributed by atoms with Crippen molar-refractivity contribution in [3.8, 4) is 0 Å². The molecule has 1 atom stereocenters. The van der Waals surface area contributed by atoms with Crippen LogP contribution < -0.4 is 10.6 Å². The van der Waals surface area contributed by atoms with Crippen molar-refractivity contribution in [3.63, 3.8) is 0 Å². The molecule has 0 aliphatic carbocycles. The second-order valence-corrected chi connectivity index (χ2v) is 4.11. The first-order valence-electron chi connectivity index (χ1n) is 5.66. The molecule has 1 aliphatic heterocycles. The quantitative estimate of drug-likeness (QED) is 0.570. The van der Waals surface area contributed by atoms with Crippen molar-refractivity contribution in [1.29, 1.82) is 0 Å². The van der Waals surface area contributed by atoms with Gasteiger partial charge in [-0.25, -0.2) is 4.79 Å². The number of hydrogen-bond donors (Lipinski definition) is 3. The van der Waals surface area contributed by atoms with E-state index in [1.807, 2.05) is 0 Å². The lowest BCUT2D eigenvalue weighted by atomic mass is 10.1. The van der Waals surface area contributed by atoms with Crippen LogP contribution in [0.25, 0.3) is 0 Å². The second-order valence-electron chi connectivity index (χ2n) is 4.11. The molecule has 0 aromatic carbocycles. The maximum atomic E-state index is 11.5. The van der Waals surface area contributed by atoms with Crippen LogP contribution >= 0.6 is 0 Å². The standard InChI is InChI=1S/C11H17N3O4/c1-2-4-12-11(18)13-9(15)7-14-5-3-8(6-14)10(16)17/h2,8H,1,3-7H2,(H,16,17)(H2,12,13,15,18). The predicted molar refractivity (Wildman–Crippen MR) is 63.9 cm³/mol. The van der Waals surface area contributed by atoms with Crippen LogP contribution in [0.1, 0.15) is 6.42 Å². The summed E-state index contributed by atoms with van der Waals surface area (Å²) in [4.78, 5) is 35.1. The lowest BCUT2D eigenvalue weighted by molar-refractivity contribution is -0.141. The minimum Gasteiger partial charge on any atom is -0.481 e. The molecule has 1 heterocycles. The smallest absolute Gasteiger partial charge is 0.321 e. The lowest BCUT2D eigenvalue weighted by Gasteiger charge is -2.14. The number of amides is 3. The Hall–Kier alpha value is -1.89. The number of aliphatic carboxylic acids is 1. The van der Waals surface area contributed by atoms with Crippen molar-refractivity contribution in [2.45, 2.75) is 6.42 Å². The number of likely N-dealkylation sites (tertiary alicyclic amines) is 1. The number of carboxylic acid groups (broad SMARTS) is 1. The Balaban J connectivity index is 2.27. The third-order valence-electron chi connectivity index (χ3n) is 2.65. The average Bonchev–Trinajstić information content (AvgIpc) is 2.74. The first-order valence-corrected chi connectivity index (χ1v) is 5.66. The van der Waals surface area contributed by atoms with Gasteiger partial charge in [-0.2, -0.15) is 0 Å². The highest BCUT2D eigenvalue weighted by Gasteiger charge is 2.29. The van der Waals surface area contributed by atoms with E-state index in [4.69, 9.17) is 5.11 Å². The molecule has 1 fully saturated rings. The zero-order valence-corrected chi connectivity index (χ0v) is 10.0. The van der Waals surface area contributed by atoms with Gasteiger partial charge in [-0.3, -0.25) is 19.8 Å². The van der Waals surface area contributed by atoms with Crippen molar-refractivity contribution in [2.24, 2.45) is 5.92 Å². The molecule has 1 aliphatic rings. The van der Waals surface area contributed by atoms with Crippen LogP contribution in [0.3, 0.4) is 0 Å². The first-order chi connectivity index (χ1) is 8.52. The Morgan fingerprint density at radius 1 is 1.44 bits per heavy atom. The fraction of sp³-hybridized carbons (Fsp3) is 0.545. The molecule has 0 aromatic heterocycles. The summed E-state index contributed by atoms with van der Waals surface area (Å²) in [7, 11) is 0. The lowest BCUT2D eigenvalue weighted by Crippen LogP contribution is -2.44. The van der Waals surface area contributed by atoms with Crippen LogP contribution in [-0.2, 0) is 9.59 Å². The largest absolute Gasteiger partial charge is 0.481 e. The molecule has 0 radical (unpaired) electrons. The molecule has 0 spiro atoms. The highest BCUT2D eigenvalue weighted by molar-refractivity contribution is 5.95. The second kappa shape index (κ2) is 6.75. The highest BCUT2D eigenvalue weighted by Crippen LogP contribution is 2.15. The summed E-state index contributed by atoms with van der Waals surface area (Å²) in [6, 6.07) is -0.575. The van der Waals surface area contributed by atoms with Gasteiger partial charge in [0.25, 0.3) is 0 Å². The minimum absolute atomic E-state index is 0.0330. The van der Waals surface area contributed by atoms with E-state index in [-0.39, 0.29) is 13.1 Å². The van der Waals surface area contributed by atoms with Gasteiger partial charge >= 0.3 is 12.0 Å². The Labute approximate surface area is 105 Å².